The number of hydrogen-bond donors (Lipinski definition) is 2. The molecule has 35 heavy (non-hydrogen) atoms. The molecule has 0 spiro atoms. The number of piperazine rings is 1. The number of amides is 1. The lowest BCUT2D eigenvalue weighted by molar-refractivity contribution is 0.0773. The summed E-state index contributed by atoms with van der Waals surface area (Å²) in [6.07, 6.45) is 0.824. The first-order valence-corrected chi connectivity index (χ1v) is 12.4. The third kappa shape index (κ3) is 8.50. The number of nitrogen functional groups attached to an aromatic ring is 1. The molecule has 0 radical (unpaired) electrons. The maximum absolute atomic E-state index is 12.6. The fraction of sp³-hybridized carbons (Fsp3) is 0.345. The van der Waals surface area contributed by atoms with E-state index in [9.17, 15) is 9.18 Å². The molecule has 3 aromatic carbocycles. The summed E-state index contributed by atoms with van der Waals surface area (Å²) < 4.78 is 12.6. The summed E-state index contributed by atoms with van der Waals surface area (Å²) >= 11 is 0. The lowest BCUT2D eigenvalue weighted by Gasteiger charge is -2.27. The first-order chi connectivity index (χ1) is 17.0. The summed E-state index contributed by atoms with van der Waals surface area (Å²) in [6, 6.07) is 22.5. The Morgan fingerprint density at radius 1 is 0.914 bits per heavy atom. The van der Waals surface area contributed by atoms with Crippen LogP contribution in [0.4, 0.5) is 10.1 Å². The zero-order valence-electron chi connectivity index (χ0n) is 20.8. The van der Waals surface area contributed by atoms with Gasteiger partial charge < -0.3 is 16.0 Å². The van der Waals surface area contributed by atoms with Gasteiger partial charge in [-0.15, -0.1) is 0 Å². The normalized spacial score (nSPS) is 13.6. The molecule has 186 valence electrons. The minimum Gasteiger partial charge on any atom is -0.399 e. The minimum atomic E-state index is -0.158. The van der Waals surface area contributed by atoms with Gasteiger partial charge in [-0.25, -0.2) is 4.39 Å². The highest BCUT2D eigenvalue weighted by molar-refractivity contribution is 5.94. The van der Waals surface area contributed by atoms with E-state index in [1.807, 2.05) is 73.3 Å². The van der Waals surface area contributed by atoms with Crippen molar-refractivity contribution in [2.75, 3.05) is 45.0 Å². The molecule has 1 heterocycles. The monoisotopic (exact) mass is 476 g/mol. The van der Waals surface area contributed by atoms with Crippen LogP contribution >= 0.6 is 0 Å². The Hall–Kier alpha value is -3.22. The zero-order chi connectivity index (χ0) is 25.0. The number of anilines is 1. The fourth-order valence-electron chi connectivity index (χ4n) is 4.11. The van der Waals surface area contributed by atoms with Crippen LogP contribution in [0.1, 0.15) is 40.9 Å². The van der Waals surface area contributed by atoms with Crippen molar-refractivity contribution in [3.8, 4) is 0 Å². The van der Waals surface area contributed by atoms with Gasteiger partial charge in [0, 0.05) is 57.1 Å². The van der Waals surface area contributed by atoms with Gasteiger partial charge in [-0.2, -0.15) is 0 Å². The number of benzene rings is 3. The van der Waals surface area contributed by atoms with Crippen LogP contribution < -0.4 is 11.1 Å². The van der Waals surface area contributed by atoms with E-state index in [4.69, 9.17) is 5.73 Å². The summed E-state index contributed by atoms with van der Waals surface area (Å²) in [5, 5.41) is 3.31. The van der Waals surface area contributed by atoms with Crippen LogP contribution in [-0.2, 0) is 13.0 Å². The quantitative estimate of drug-likeness (QED) is 0.491. The van der Waals surface area contributed by atoms with Crippen molar-refractivity contribution in [3.63, 3.8) is 0 Å². The van der Waals surface area contributed by atoms with E-state index in [0.717, 1.165) is 63.5 Å². The number of nitrogens with two attached hydrogens (primary N) is 1. The number of rotatable bonds is 7. The molecular formula is C29H37FN4O. The standard InChI is InChI=1S/C18H22N2O.C11H15FN2/c1-3-20(4-2)18(21)16-10-8-14(9-11-16)12-15-6-5-7-17(19)13-15;12-11-3-1-10(2-4-11)9-14-7-5-13-6-8-14/h5-11,13H,3-4,12,19H2,1-2H3;1-4,13H,5-9H2. The molecule has 1 fully saturated rings. The van der Waals surface area contributed by atoms with Crippen LogP contribution in [-0.4, -0.2) is 55.0 Å². The topological polar surface area (TPSA) is 61.6 Å². The molecule has 0 unspecified atom stereocenters. The molecule has 0 aromatic heterocycles. The molecule has 3 aromatic rings. The van der Waals surface area contributed by atoms with Crippen LogP contribution in [0.3, 0.4) is 0 Å². The molecular weight excluding hydrogens is 439 g/mol. The van der Waals surface area contributed by atoms with Gasteiger partial charge in [0.25, 0.3) is 5.91 Å². The molecule has 5 nitrogen and oxygen atoms in total. The van der Waals surface area contributed by atoms with E-state index < -0.39 is 0 Å². The van der Waals surface area contributed by atoms with Gasteiger partial charge in [0.1, 0.15) is 5.82 Å². The molecule has 0 atom stereocenters. The maximum Gasteiger partial charge on any atom is 0.253 e. The van der Waals surface area contributed by atoms with E-state index in [0.29, 0.717) is 0 Å². The van der Waals surface area contributed by atoms with Crippen molar-refractivity contribution < 1.29 is 9.18 Å². The zero-order valence-corrected chi connectivity index (χ0v) is 20.8. The molecule has 3 N–H and O–H groups in total. The average molecular weight is 477 g/mol. The van der Waals surface area contributed by atoms with Crippen LogP contribution in [0.2, 0.25) is 0 Å². The van der Waals surface area contributed by atoms with E-state index in [1.54, 1.807) is 0 Å². The summed E-state index contributed by atoms with van der Waals surface area (Å²) in [5.74, 6) is -0.0652. The van der Waals surface area contributed by atoms with Gasteiger partial charge in [0.15, 0.2) is 0 Å². The van der Waals surface area contributed by atoms with Gasteiger partial charge in [-0.3, -0.25) is 9.69 Å². The van der Waals surface area contributed by atoms with Gasteiger partial charge >= 0.3 is 0 Å². The van der Waals surface area contributed by atoms with Crippen LogP contribution in [0.25, 0.3) is 0 Å². The van der Waals surface area contributed by atoms with Crippen LogP contribution in [0.5, 0.6) is 0 Å². The highest BCUT2D eigenvalue weighted by Crippen LogP contribution is 2.14. The fourth-order valence-corrected chi connectivity index (χ4v) is 4.11. The van der Waals surface area contributed by atoms with Crippen molar-refractivity contribution in [3.05, 3.63) is 101 Å². The van der Waals surface area contributed by atoms with E-state index in [-0.39, 0.29) is 11.7 Å². The van der Waals surface area contributed by atoms with Crippen molar-refractivity contribution in [2.24, 2.45) is 0 Å². The lowest BCUT2D eigenvalue weighted by atomic mass is 10.0. The Kier molecular flexibility index (Phi) is 10.3. The number of hydrogen-bond acceptors (Lipinski definition) is 4. The summed E-state index contributed by atoms with van der Waals surface area (Å²) in [5.41, 5.74) is 10.9. The van der Waals surface area contributed by atoms with Crippen molar-refractivity contribution in [2.45, 2.75) is 26.8 Å². The molecule has 6 heteroatoms. The predicted octanol–water partition coefficient (Wildman–Crippen LogP) is 4.57. The van der Waals surface area contributed by atoms with Gasteiger partial charge in [-0.05, 0) is 73.4 Å². The highest BCUT2D eigenvalue weighted by Gasteiger charge is 2.12. The summed E-state index contributed by atoms with van der Waals surface area (Å²) in [6.45, 7) is 10.7. The number of carbonyl (C=O) groups is 1. The van der Waals surface area contributed by atoms with E-state index in [2.05, 4.69) is 16.3 Å². The van der Waals surface area contributed by atoms with Gasteiger partial charge in [0.2, 0.25) is 0 Å². The van der Waals surface area contributed by atoms with Crippen LogP contribution in [0, 0.1) is 5.82 Å². The Morgan fingerprint density at radius 2 is 1.54 bits per heavy atom. The summed E-state index contributed by atoms with van der Waals surface area (Å²) in [4.78, 5) is 16.4. The minimum absolute atomic E-state index is 0.0931. The van der Waals surface area contributed by atoms with Crippen molar-refractivity contribution in [1.29, 1.82) is 0 Å². The van der Waals surface area contributed by atoms with E-state index in [1.165, 1.54) is 28.8 Å². The highest BCUT2D eigenvalue weighted by atomic mass is 19.1. The molecule has 1 aliphatic heterocycles. The second kappa shape index (κ2) is 13.6. The third-order valence-corrected chi connectivity index (χ3v) is 6.14. The van der Waals surface area contributed by atoms with Crippen LogP contribution in [0.15, 0.2) is 72.8 Å². The average Bonchev–Trinajstić information content (AvgIpc) is 2.88. The van der Waals surface area contributed by atoms with Gasteiger partial charge in [0.05, 0.1) is 0 Å². The Balaban J connectivity index is 0.000000211. The third-order valence-electron chi connectivity index (χ3n) is 6.14. The van der Waals surface area contributed by atoms with Crippen molar-refractivity contribution in [1.82, 2.24) is 15.1 Å². The maximum atomic E-state index is 12.6. The first-order valence-electron chi connectivity index (χ1n) is 12.4. The Morgan fingerprint density at radius 3 is 2.14 bits per heavy atom. The number of nitrogens with zero attached hydrogens (tertiary/aromatic N) is 2. The van der Waals surface area contributed by atoms with E-state index >= 15 is 0 Å². The van der Waals surface area contributed by atoms with Gasteiger partial charge in [-0.1, -0.05) is 36.4 Å². The lowest BCUT2D eigenvalue weighted by Crippen LogP contribution is -2.42. The Bertz CT molecular complexity index is 1040. The molecule has 1 aliphatic rings. The molecule has 0 aliphatic carbocycles. The molecule has 1 saturated heterocycles. The number of nitrogens with one attached hydrogen (secondary N) is 1. The molecule has 4 rings (SSSR count). The second-order valence-corrected chi connectivity index (χ2v) is 8.75. The number of halogens is 1. The number of carbonyl (C=O) groups excluding carboxylic acids is 1. The molecule has 0 saturated carbocycles. The largest absolute Gasteiger partial charge is 0.399 e. The molecule has 0 bridgehead atoms. The SMILES string of the molecule is CCN(CC)C(=O)c1ccc(Cc2cccc(N)c2)cc1.Fc1ccc(CN2CCNCC2)cc1. The summed E-state index contributed by atoms with van der Waals surface area (Å²) in [7, 11) is 0. The first kappa shape index (κ1) is 26.4. The smallest absolute Gasteiger partial charge is 0.253 e. The second-order valence-electron chi connectivity index (χ2n) is 8.75. The Labute approximate surface area is 208 Å². The molecule has 1 amide bonds. The van der Waals surface area contributed by atoms with Crippen molar-refractivity contribution >= 4 is 11.6 Å². The predicted molar refractivity (Wildman–Crippen MR) is 142 cm³/mol.